The normalized spacial score (nSPS) is 24.1. The number of hydrogen-bond acceptors (Lipinski definition) is 3. The summed E-state index contributed by atoms with van der Waals surface area (Å²) in [5.74, 6) is -0.00543. The number of nitrogens with zero attached hydrogens (tertiary/aromatic N) is 2. The molecule has 1 fully saturated rings. The second-order valence-electron chi connectivity index (χ2n) is 5.18. The second-order valence-corrected chi connectivity index (χ2v) is 5.18. The van der Waals surface area contributed by atoms with Gasteiger partial charge in [-0.05, 0) is 37.0 Å². The van der Waals surface area contributed by atoms with Crippen molar-refractivity contribution in [2.75, 3.05) is 13.1 Å². The molecule has 1 heterocycles. The van der Waals surface area contributed by atoms with Gasteiger partial charge < -0.3 is 5.11 Å². The summed E-state index contributed by atoms with van der Waals surface area (Å²) in [5.41, 5.74) is 1.05. The molecule has 2 atom stereocenters. The highest BCUT2D eigenvalue weighted by atomic mass is 19.1. The lowest BCUT2D eigenvalue weighted by molar-refractivity contribution is 0.0218. The van der Waals surface area contributed by atoms with Crippen LogP contribution in [0.1, 0.15) is 30.9 Å². The topological polar surface area (TPSA) is 47.3 Å². The summed E-state index contributed by atoms with van der Waals surface area (Å²) < 4.78 is 13.7. The Balaban J connectivity index is 2.07. The first-order valence-electron chi connectivity index (χ1n) is 6.73. The Morgan fingerprint density at radius 3 is 3.00 bits per heavy atom. The van der Waals surface area contributed by atoms with Crippen LogP contribution in [0.25, 0.3) is 0 Å². The highest BCUT2D eigenvalue weighted by Gasteiger charge is 2.26. The van der Waals surface area contributed by atoms with Gasteiger partial charge in [-0.2, -0.15) is 5.26 Å². The van der Waals surface area contributed by atoms with E-state index in [0.29, 0.717) is 17.7 Å². The van der Waals surface area contributed by atoms with Crippen molar-refractivity contribution in [1.82, 2.24) is 4.90 Å². The molecule has 0 aliphatic carbocycles. The third-order valence-electron chi connectivity index (χ3n) is 3.87. The molecule has 3 nitrogen and oxygen atoms in total. The van der Waals surface area contributed by atoms with Crippen molar-refractivity contribution in [3.05, 3.63) is 35.1 Å². The maximum absolute atomic E-state index is 13.7. The first-order chi connectivity index (χ1) is 9.13. The van der Waals surface area contributed by atoms with Crippen LogP contribution in [-0.2, 0) is 6.54 Å². The van der Waals surface area contributed by atoms with E-state index in [9.17, 15) is 9.50 Å². The van der Waals surface area contributed by atoms with Crippen LogP contribution in [0, 0.1) is 23.1 Å². The zero-order valence-electron chi connectivity index (χ0n) is 11.1. The number of aliphatic hydroxyl groups is 1. The minimum atomic E-state index is -0.266. The molecule has 0 radical (unpaired) electrons. The maximum atomic E-state index is 13.7. The molecule has 0 bridgehead atoms. The van der Waals surface area contributed by atoms with Gasteiger partial charge in [-0.1, -0.05) is 6.92 Å². The van der Waals surface area contributed by atoms with E-state index >= 15 is 0 Å². The molecule has 1 aliphatic heterocycles. The zero-order chi connectivity index (χ0) is 13.8. The van der Waals surface area contributed by atoms with Gasteiger partial charge in [-0.25, -0.2) is 4.39 Å². The number of benzene rings is 1. The van der Waals surface area contributed by atoms with E-state index in [1.165, 1.54) is 12.1 Å². The van der Waals surface area contributed by atoms with Gasteiger partial charge >= 0.3 is 0 Å². The molecule has 0 saturated carbocycles. The molecule has 1 aromatic carbocycles. The molecule has 2 rings (SSSR count). The van der Waals surface area contributed by atoms with Crippen molar-refractivity contribution in [2.24, 2.45) is 5.92 Å². The standard InChI is InChI=1S/C15H19FN2O/c1-2-12-9-18(6-5-15(12)19)10-13-7-11(8-17)3-4-14(13)16/h3-4,7,12,15,19H,2,5-6,9-10H2,1H3. The first-order valence-corrected chi connectivity index (χ1v) is 6.73. The molecule has 19 heavy (non-hydrogen) atoms. The first kappa shape index (κ1) is 14.0. The highest BCUT2D eigenvalue weighted by molar-refractivity contribution is 5.33. The summed E-state index contributed by atoms with van der Waals surface area (Å²) in [7, 11) is 0. The molecule has 102 valence electrons. The number of hydrogen-bond donors (Lipinski definition) is 1. The van der Waals surface area contributed by atoms with Crippen molar-refractivity contribution >= 4 is 0 Å². The number of halogens is 1. The Hall–Kier alpha value is -1.44. The van der Waals surface area contributed by atoms with Gasteiger partial charge in [0, 0.05) is 25.2 Å². The number of nitriles is 1. The summed E-state index contributed by atoms with van der Waals surface area (Å²) in [5, 5.41) is 18.7. The summed E-state index contributed by atoms with van der Waals surface area (Å²) in [6, 6.07) is 6.49. The van der Waals surface area contributed by atoms with Gasteiger partial charge in [0.2, 0.25) is 0 Å². The molecule has 0 aromatic heterocycles. The van der Waals surface area contributed by atoms with Gasteiger partial charge in [-0.3, -0.25) is 4.90 Å². The smallest absolute Gasteiger partial charge is 0.127 e. The fraction of sp³-hybridized carbons (Fsp3) is 0.533. The average molecular weight is 262 g/mol. The summed E-state index contributed by atoms with van der Waals surface area (Å²) >= 11 is 0. The van der Waals surface area contributed by atoms with E-state index in [0.717, 1.165) is 25.9 Å². The fourth-order valence-electron chi connectivity index (χ4n) is 2.65. The number of rotatable bonds is 3. The molecule has 4 heteroatoms. The molecule has 0 spiro atoms. The number of likely N-dealkylation sites (tertiary alicyclic amines) is 1. The second kappa shape index (κ2) is 6.14. The van der Waals surface area contributed by atoms with Crippen LogP contribution in [-0.4, -0.2) is 29.2 Å². The largest absolute Gasteiger partial charge is 0.393 e. The van der Waals surface area contributed by atoms with Crippen molar-refractivity contribution in [1.29, 1.82) is 5.26 Å². The van der Waals surface area contributed by atoms with Crippen LogP contribution in [0.15, 0.2) is 18.2 Å². The summed E-state index contributed by atoms with van der Waals surface area (Å²) in [4.78, 5) is 2.15. The molecule has 1 aromatic rings. The average Bonchev–Trinajstić information content (AvgIpc) is 2.43. The Bertz CT molecular complexity index is 484. The minimum Gasteiger partial charge on any atom is -0.393 e. The van der Waals surface area contributed by atoms with E-state index in [-0.39, 0.29) is 17.8 Å². The molecule has 1 aliphatic rings. The van der Waals surface area contributed by atoms with Gasteiger partial charge in [-0.15, -0.1) is 0 Å². The van der Waals surface area contributed by atoms with Gasteiger partial charge in [0.05, 0.1) is 17.7 Å². The van der Waals surface area contributed by atoms with Crippen LogP contribution >= 0.6 is 0 Å². The third kappa shape index (κ3) is 3.31. The number of piperidine rings is 1. The quantitative estimate of drug-likeness (QED) is 0.909. The Morgan fingerprint density at radius 1 is 1.53 bits per heavy atom. The predicted octanol–water partition coefficient (Wildman–Crippen LogP) is 2.29. The van der Waals surface area contributed by atoms with Crippen LogP contribution in [0.2, 0.25) is 0 Å². The van der Waals surface area contributed by atoms with Gasteiger partial charge in [0.1, 0.15) is 5.82 Å². The number of aliphatic hydroxyl groups excluding tert-OH is 1. The highest BCUT2D eigenvalue weighted by Crippen LogP contribution is 2.22. The molecular formula is C15H19FN2O. The van der Waals surface area contributed by atoms with Crippen molar-refractivity contribution in [3.8, 4) is 6.07 Å². The maximum Gasteiger partial charge on any atom is 0.127 e. The van der Waals surface area contributed by atoms with E-state index < -0.39 is 0 Å². The Kier molecular flexibility index (Phi) is 4.52. The monoisotopic (exact) mass is 262 g/mol. The van der Waals surface area contributed by atoms with Gasteiger partial charge in [0.25, 0.3) is 0 Å². The van der Waals surface area contributed by atoms with Crippen LogP contribution in [0.5, 0.6) is 0 Å². The van der Waals surface area contributed by atoms with Crippen molar-refractivity contribution < 1.29 is 9.50 Å². The summed E-state index contributed by atoms with van der Waals surface area (Å²) in [6.07, 6.45) is 1.42. The molecule has 1 N–H and O–H groups in total. The summed E-state index contributed by atoms with van der Waals surface area (Å²) in [6.45, 7) is 4.13. The molecule has 1 saturated heterocycles. The zero-order valence-corrected chi connectivity index (χ0v) is 11.1. The predicted molar refractivity (Wildman–Crippen MR) is 70.8 cm³/mol. The van der Waals surface area contributed by atoms with Crippen LogP contribution < -0.4 is 0 Å². The van der Waals surface area contributed by atoms with E-state index in [1.54, 1.807) is 6.07 Å². The Labute approximate surface area is 113 Å². The van der Waals surface area contributed by atoms with Gasteiger partial charge in [0.15, 0.2) is 0 Å². The van der Waals surface area contributed by atoms with E-state index in [1.807, 2.05) is 6.07 Å². The lowest BCUT2D eigenvalue weighted by Crippen LogP contribution is -2.42. The molecule has 2 unspecified atom stereocenters. The lowest BCUT2D eigenvalue weighted by atomic mass is 9.92. The van der Waals surface area contributed by atoms with Crippen molar-refractivity contribution in [3.63, 3.8) is 0 Å². The van der Waals surface area contributed by atoms with Crippen LogP contribution in [0.4, 0.5) is 4.39 Å². The van der Waals surface area contributed by atoms with Crippen LogP contribution in [0.3, 0.4) is 0 Å². The van der Waals surface area contributed by atoms with E-state index in [4.69, 9.17) is 5.26 Å². The Morgan fingerprint density at radius 2 is 2.32 bits per heavy atom. The molecular weight excluding hydrogens is 243 g/mol. The third-order valence-corrected chi connectivity index (χ3v) is 3.87. The lowest BCUT2D eigenvalue weighted by Gasteiger charge is -2.35. The van der Waals surface area contributed by atoms with E-state index in [2.05, 4.69) is 11.8 Å². The van der Waals surface area contributed by atoms with Crippen molar-refractivity contribution in [2.45, 2.75) is 32.4 Å². The minimum absolute atomic E-state index is 0.239. The molecule has 0 amide bonds. The fourth-order valence-corrected chi connectivity index (χ4v) is 2.65. The SMILES string of the molecule is CCC1CN(Cc2cc(C#N)ccc2F)CCC1O.